The van der Waals surface area contributed by atoms with Crippen LogP contribution in [0.1, 0.15) is 27.0 Å². The molecule has 0 saturated heterocycles. The lowest BCUT2D eigenvalue weighted by atomic mass is 10.1. The molecular weight excluding hydrogens is 340 g/mol. The zero-order valence-electron chi connectivity index (χ0n) is 14.4. The Hall–Kier alpha value is -3.51. The summed E-state index contributed by atoms with van der Waals surface area (Å²) in [5.74, 6) is -0.323. The molecule has 3 heterocycles. The molecule has 0 fully saturated rings. The fourth-order valence-corrected chi connectivity index (χ4v) is 2.83. The van der Waals surface area contributed by atoms with Crippen LogP contribution in [0.15, 0.2) is 65.0 Å². The molecule has 1 amide bonds. The van der Waals surface area contributed by atoms with Gasteiger partial charge >= 0.3 is 0 Å². The van der Waals surface area contributed by atoms with E-state index in [0.717, 1.165) is 22.2 Å². The molecule has 1 aromatic carbocycles. The van der Waals surface area contributed by atoms with Gasteiger partial charge in [-0.1, -0.05) is 18.2 Å². The number of carbonyl (C=O) groups excluding carboxylic acids is 1. The van der Waals surface area contributed by atoms with Gasteiger partial charge < -0.3 is 4.74 Å². The van der Waals surface area contributed by atoms with Crippen molar-refractivity contribution >= 4 is 35.4 Å². The number of hydrogen-bond acceptors (Lipinski definition) is 5. The fourth-order valence-electron chi connectivity index (χ4n) is 2.83. The summed E-state index contributed by atoms with van der Waals surface area (Å²) in [7, 11) is 0. The standard InChI is InChI=1S/C21H16N4O2/c26-21-18-5-2-1-4-15(18)14-27-11-10-22-9-7-17-16(13-25-21)12-24-19-6-3-8-23-20(17)19/h1-10,12-13H,11,14H2/b9-7-,22-10?,25-13?. The minimum Gasteiger partial charge on any atom is -0.371 e. The molecule has 132 valence electrons. The van der Waals surface area contributed by atoms with Crippen LogP contribution in [0, 0.1) is 0 Å². The minimum absolute atomic E-state index is 0.319. The van der Waals surface area contributed by atoms with E-state index in [1.165, 1.54) is 6.21 Å². The average molecular weight is 356 g/mol. The minimum atomic E-state index is -0.323. The summed E-state index contributed by atoms with van der Waals surface area (Å²) in [5, 5.41) is 0. The Labute approximate surface area is 156 Å². The van der Waals surface area contributed by atoms with Gasteiger partial charge in [-0.15, -0.1) is 0 Å². The quantitative estimate of drug-likeness (QED) is 0.618. The fraction of sp³-hybridized carbons (Fsp3) is 0.0952. The molecular formula is C21H16N4O2. The lowest BCUT2D eigenvalue weighted by Gasteiger charge is -2.07. The van der Waals surface area contributed by atoms with Crippen molar-refractivity contribution < 1.29 is 9.53 Å². The molecule has 0 aliphatic carbocycles. The number of ether oxygens (including phenoxy) is 1. The van der Waals surface area contributed by atoms with Crippen molar-refractivity contribution in [2.24, 2.45) is 9.98 Å². The van der Waals surface area contributed by atoms with Crippen molar-refractivity contribution in [3.8, 4) is 0 Å². The molecule has 0 spiro atoms. The predicted molar refractivity (Wildman–Crippen MR) is 105 cm³/mol. The van der Waals surface area contributed by atoms with Gasteiger partial charge in [-0.2, -0.15) is 0 Å². The van der Waals surface area contributed by atoms with Crippen LogP contribution >= 0.6 is 0 Å². The summed E-state index contributed by atoms with van der Waals surface area (Å²) >= 11 is 0. The number of nitrogens with zero attached hydrogens (tertiary/aromatic N) is 4. The Bertz CT molecular complexity index is 1090. The number of aliphatic imine (C=N–C) groups is 2. The van der Waals surface area contributed by atoms with E-state index in [1.807, 2.05) is 36.4 Å². The maximum atomic E-state index is 12.6. The monoisotopic (exact) mass is 356 g/mol. The van der Waals surface area contributed by atoms with Gasteiger partial charge in [0.25, 0.3) is 5.91 Å². The summed E-state index contributed by atoms with van der Waals surface area (Å²) in [4.78, 5) is 29.8. The molecule has 0 saturated carbocycles. The Morgan fingerprint density at radius 2 is 1.96 bits per heavy atom. The van der Waals surface area contributed by atoms with Crippen molar-refractivity contribution in [1.29, 1.82) is 0 Å². The highest BCUT2D eigenvalue weighted by atomic mass is 16.5. The molecule has 4 rings (SSSR count). The summed E-state index contributed by atoms with van der Waals surface area (Å²) in [6.07, 6.45) is 10.1. The predicted octanol–water partition coefficient (Wildman–Crippen LogP) is 3.46. The van der Waals surface area contributed by atoms with Gasteiger partial charge in [0.1, 0.15) is 0 Å². The Kier molecular flexibility index (Phi) is 4.89. The number of hydrogen-bond donors (Lipinski definition) is 0. The van der Waals surface area contributed by atoms with Crippen LogP contribution < -0.4 is 0 Å². The van der Waals surface area contributed by atoms with Crippen LogP contribution in [0.3, 0.4) is 0 Å². The molecule has 0 radical (unpaired) electrons. The van der Waals surface area contributed by atoms with Gasteiger partial charge in [0.05, 0.1) is 24.2 Å². The highest BCUT2D eigenvalue weighted by Gasteiger charge is 2.11. The van der Waals surface area contributed by atoms with Gasteiger partial charge in [0.15, 0.2) is 0 Å². The summed E-state index contributed by atoms with van der Waals surface area (Å²) in [6.45, 7) is 0.665. The van der Waals surface area contributed by atoms with E-state index in [4.69, 9.17) is 4.74 Å². The molecule has 6 nitrogen and oxygen atoms in total. The second-order valence-electron chi connectivity index (χ2n) is 5.88. The van der Waals surface area contributed by atoms with E-state index in [2.05, 4.69) is 20.0 Å². The summed E-state index contributed by atoms with van der Waals surface area (Å²) in [6, 6.07) is 11.0. The molecule has 1 aliphatic rings. The number of fused-ring (bicyclic) bond motifs is 4. The molecule has 2 aromatic heterocycles. The molecule has 6 heteroatoms. The van der Waals surface area contributed by atoms with E-state index < -0.39 is 0 Å². The van der Waals surface area contributed by atoms with E-state index in [1.54, 1.807) is 30.9 Å². The molecule has 27 heavy (non-hydrogen) atoms. The Morgan fingerprint density at radius 1 is 1.04 bits per heavy atom. The number of benzene rings is 1. The van der Waals surface area contributed by atoms with Crippen LogP contribution in [0.2, 0.25) is 0 Å². The van der Waals surface area contributed by atoms with Gasteiger partial charge in [0.2, 0.25) is 0 Å². The van der Waals surface area contributed by atoms with Crippen LogP contribution in [-0.2, 0) is 11.3 Å². The van der Waals surface area contributed by atoms with Gasteiger partial charge in [-0.3, -0.25) is 19.8 Å². The topological polar surface area (TPSA) is 76.8 Å². The molecule has 0 bridgehead atoms. The summed E-state index contributed by atoms with van der Waals surface area (Å²) < 4.78 is 5.58. The second-order valence-corrected chi connectivity index (χ2v) is 5.88. The molecule has 0 unspecified atom stereocenters. The first-order chi connectivity index (χ1) is 13.3. The number of aromatic nitrogens is 2. The van der Waals surface area contributed by atoms with Gasteiger partial charge in [-0.25, -0.2) is 4.99 Å². The molecule has 0 N–H and O–H groups in total. The second kappa shape index (κ2) is 7.80. The third kappa shape index (κ3) is 3.70. The maximum Gasteiger partial charge on any atom is 0.277 e. The van der Waals surface area contributed by atoms with Crippen LogP contribution in [0.4, 0.5) is 0 Å². The zero-order valence-corrected chi connectivity index (χ0v) is 14.4. The third-order valence-corrected chi connectivity index (χ3v) is 4.15. The largest absolute Gasteiger partial charge is 0.371 e. The maximum absolute atomic E-state index is 12.6. The first-order valence-electron chi connectivity index (χ1n) is 8.49. The van der Waals surface area contributed by atoms with E-state index in [0.29, 0.717) is 24.3 Å². The Balaban J connectivity index is 1.84. The van der Waals surface area contributed by atoms with E-state index >= 15 is 0 Å². The number of carbonyl (C=O) groups is 1. The van der Waals surface area contributed by atoms with Crippen LogP contribution in [0.25, 0.3) is 17.1 Å². The normalized spacial score (nSPS) is 15.8. The first-order valence-corrected chi connectivity index (χ1v) is 8.49. The van der Waals surface area contributed by atoms with Crippen LogP contribution in [-0.4, -0.2) is 34.9 Å². The summed E-state index contributed by atoms with van der Waals surface area (Å²) in [5.41, 5.74) is 4.31. The SMILES string of the molecule is O=C1N=Cc2cnc3cccnc3c2/C=C\N=CCOCc2ccccc21. The highest BCUT2D eigenvalue weighted by molar-refractivity contribution is 6.04. The van der Waals surface area contributed by atoms with Crippen molar-refractivity contribution in [1.82, 2.24) is 9.97 Å². The number of pyridine rings is 2. The number of rotatable bonds is 0. The van der Waals surface area contributed by atoms with E-state index in [-0.39, 0.29) is 5.91 Å². The lowest BCUT2D eigenvalue weighted by Crippen LogP contribution is -2.05. The van der Waals surface area contributed by atoms with Gasteiger partial charge in [0, 0.05) is 47.7 Å². The first kappa shape index (κ1) is 16.9. The van der Waals surface area contributed by atoms with E-state index in [9.17, 15) is 4.79 Å². The van der Waals surface area contributed by atoms with Crippen LogP contribution in [0.5, 0.6) is 0 Å². The Morgan fingerprint density at radius 3 is 2.93 bits per heavy atom. The highest BCUT2D eigenvalue weighted by Crippen LogP contribution is 2.19. The number of amides is 1. The molecule has 0 atom stereocenters. The van der Waals surface area contributed by atoms with Crippen molar-refractivity contribution in [2.45, 2.75) is 6.61 Å². The zero-order chi connectivity index (χ0) is 18.5. The lowest BCUT2D eigenvalue weighted by molar-refractivity contribution is 0.0997. The molecule has 3 aromatic rings. The van der Waals surface area contributed by atoms with Crippen molar-refractivity contribution in [3.05, 3.63) is 77.2 Å². The van der Waals surface area contributed by atoms with Crippen molar-refractivity contribution in [2.75, 3.05) is 6.61 Å². The van der Waals surface area contributed by atoms with Crippen molar-refractivity contribution in [3.63, 3.8) is 0 Å². The third-order valence-electron chi connectivity index (χ3n) is 4.15. The smallest absolute Gasteiger partial charge is 0.277 e. The van der Waals surface area contributed by atoms with Gasteiger partial charge in [-0.05, 0) is 29.8 Å². The molecule has 1 aliphatic heterocycles. The average Bonchev–Trinajstić information content (AvgIpc) is 2.71.